The number of fused-ring (bicyclic) bond motifs is 2. The van der Waals surface area contributed by atoms with Crippen molar-refractivity contribution in [2.75, 3.05) is 0 Å². The summed E-state index contributed by atoms with van der Waals surface area (Å²) in [4.78, 5) is 17.5. The van der Waals surface area contributed by atoms with Crippen molar-refractivity contribution in [1.82, 2.24) is 30.3 Å². The average molecular weight is 467 g/mol. The van der Waals surface area contributed by atoms with Crippen LogP contribution in [0.15, 0.2) is 48.8 Å². The van der Waals surface area contributed by atoms with Crippen LogP contribution in [0.2, 0.25) is 0 Å². The second kappa shape index (κ2) is 9.13. The van der Waals surface area contributed by atoms with Crippen LogP contribution in [-0.2, 0) is 13.0 Å². The molecule has 0 radical (unpaired) electrons. The molecule has 2 aliphatic carbocycles. The number of aromatic amines is 1. The number of amides is 1. The number of aromatic nitrogens is 5. The molecule has 1 aromatic carbocycles. The summed E-state index contributed by atoms with van der Waals surface area (Å²) < 4.78 is 2.16. The molecule has 4 aromatic rings. The molecule has 7 nitrogen and oxygen atoms in total. The molecule has 6 rings (SSSR count). The minimum atomic E-state index is -0.0185. The van der Waals surface area contributed by atoms with E-state index in [-0.39, 0.29) is 11.9 Å². The highest BCUT2D eigenvalue weighted by Crippen LogP contribution is 2.29. The summed E-state index contributed by atoms with van der Waals surface area (Å²) >= 11 is 0. The zero-order valence-corrected chi connectivity index (χ0v) is 20.0. The lowest BCUT2D eigenvalue weighted by Crippen LogP contribution is -2.39. The van der Waals surface area contributed by atoms with Crippen molar-refractivity contribution < 1.29 is 4.79 Å². The van der Waals surface area contributed by atoms with Gasteiger partial charge in [0.25, 0.3) is 5.91 Å². The van der Waals surface area contributed by atoms with Crippen LogP contribution < -0.4 is 5.32 Å². The summed E-state index contributed by atoms with van der Waals surface area (Å²) in [5, 5.41) is 16.5. The largest absolute Gasteiger partial charge is 0.349 e. The Balaban J connectivity index is 1.16. The second-order valence-corrected chi connectivity index (χ2v) is 9.90. The minimum absolute atomic E-state index is 0.0185. The molecule has 1 saturated carbocycles. The van der Waals surface area contributed by atoms with Gasteiger partial charge in [0, 0.05) is 41.0 Å². The van der Waals surface area contributed by atoms with Crippen molar-refractivity contribution in [2.45, 2.75) is 58.0 Å². The van der Waals surface area contributed by atoms with Crippen molar-refractivity contribution in [1.29, 1.82) is 0 Å². The molecule has 1 fully saturated rings. The smallest absolute Gasteiger partial charge is 0.251 e. The van der Waals surface area contributed by atoms with Crippen LogP contribution in [0.5, 0.6) is 0 Å². The molecule has 2 aliphatic rings. The van der Waals surface area contributed by atoms with Gasteiger partial charge in [-0.25, -0.2) is 0 Å². The average Bonchev–Trinajstić information content (AvgIpc) is 3.48. The number of H-pyrrole nitrogens is 1. The third-order valence-corrected chi connectivity index (χ3v) is 7.36. The highest BCUT2D eigenvalue weighted by molar-refractivity contribution is 6.01. The molecular formula is C28H30N6O. The number of allylic oxidation sites excluding steroid dienone is 1. The second-order valence-electron chi connectivity index (χ2n) is 9.90. The third kappa shape index (κ3) is 4.38. The zero-order valence-electron chi connectivity index (χ0n) is 20.0. The minimum Gasteiger partial charge on any atom is -0.349 e. The maximum absolute atomic E-state index is 13.2. The molecule has 0 saturated heterocycles. The van der Waals surface area contributed by atoms with Gasteiger partial charge in [-0.3, -0.25) is 19.6 Å². The van der Waals surface area contributed by atoms with Crippen LogP contribution >= 0.6 is 0 Å². The molecule has 2 N–H and O–H groups in total. The van der Waals surface area contributed by atoms with Crippen LogP contribution in [0.3, 0.4) is 0 Å². The summed E-state index contributed by atoms with van der Waals surface area (Å²) in [6.07, 6.45) is 14.8. The van der Waals surface area contributed by atoms with Crippen molar-refractivity contribution in [3.05, 3.63) is 71.3 Å². The van der Waals surface area contributed by atoms with Gasteiger partial charge in [-0.1, -0.05) is 12.5 Å². The SMILES string of the molecule is Cc1cc(-c2n[nH]c3ccc(C(=O)NC4CCCC(Cn5ncc6c5C=CCC6)C4)cc23)ccn1. The van der Waals surface area contributed by atoms with Crippen LogP contribution in [0.1, 0.15) is 59.4 Å². The number of carbonyl (C=O) groups excluding carboxylic acids is 1. The standard InChI is InChI=1S/C28H30N6O/c1-18-13-20(11-12-29-18)27-24-15-21(9-10-25(24)32-33-27)28(35)31-23-7-4-5-19(14-23)17-34-26-8-3-2-6-22(26)16-30-34/h3,8-13,15-16,19,23H,2,4-7,14,17H2,1H3,(H,31,35)(H,32,33). The number of hydrogen-bond acceptors (Lipinski definition) is 4. The van der Waals surface area contributed by atoms with Crippen LogP contribution in [0, 0.1) is 12.8 Å². The summed E-state index contributed by atoms with van der Waals surface area (Å²) in [6, 6.07) is 9.90. The van der Waals surface area contributed by atoms with E-state index in [4.69, 9.17) is 0 Å². The first-order valence-corrected chi connectivity index (χ1v) is 12.6. The van der Waals surface area contributed by atoms with E-state index in [0.29, 0.717) is 11.5 Å². The Kier molecular flexibility index (Phi) is 5.68. The lowest BCUT2D eigenvalue weighted by molar-refractivity contribution is 0.0917. The van der Waals surface area contributed by atoms with Gasteiger partial charge >= 0.3 is 0 Å². The van der Waals surface area contributed by atoms with E-state index in [1.54, 1.807) is 6.20 Å². The van der Waals surface area contributed by atoms with Gasteiger partial charge in [-0.15, -0.1) is 0 Å². The van der Waals surface area contributed by atoms with Gasteiger partial charge in [-0.2, -0.15) is 10.2 Å². The lowest BCUT2D eigenvalue weighted by atomic mass is 9.85. The van der Waals surface area contributed by atoms with Crippen LogP contribution in [0.25, 0.3) is 28.2 Å². The normalized spacial score (nSPS) is 19.6. The lowest BCUT2D eigenvalue weighted by Gasteiger charge is -2.30. The van der Waals surface area contributed by atoms with Crippen LogP contribution in [-0.4, -0.2) is 36.9 Å². The highest BCUT2D eigenvalue weighted by atomic mass is 16.1. The maximum atomic E-state index is 13.2. The van der Waals surface area contributed by atoms with Gasteiger partial charge < -0.3 is 5.32 Å². The zero-order chi connectivity index (χ0) is 23.8. The number of carbonyl (C=O) groups is 1. The first-order valence-electron chi connectivity index (χ1n) is 12.6. The number of hydrogen-bond donors (Lipinski definition) is 2. The van der Waals surface area contributed by atoms with E-state index in [0.717, 1.165) is 66.5 Å². The van der Waals surface area contributed by atoms with Crippen LogP contribution in [0.4, 0.5) is 0 Å². The summed E-state index contributed by atoms with van der Waals surface area (Å²) in [6.45, 7) is 2.88. The predicted molar refractivity (Wildman–Crippen MR) is 137 cm³/mol. The first-order chi connectivity index (χ1) is 17.1. The Morgan fingerprint density at radius 3 is 3.09 bits per heavy atom. The number of pyridine rings is 1. The molecule has 2 atom stereocenters. The van der Waals surface area contributed by atoms with E-state index in [9.17, 15) is 4.79 Å². The topological polar surface area (TPSA) is 88.5 Å². The fraction of sp³-hybridized carbons (Fsp3) is 0.357. The number of nitrogens with zero attached hydrogens (tertiary/aromatic N) is 4. The molecule has 3 aromatic heterocycles. The molecule has 7 heteroatoms. The molecule has 2 unspecified atom stereocenters. The fourth-order valence-corrected chi connectivity index (χ4v) is 5.57. The molecule has 0 spiro atoms. The fourth-order valence-electron chi connectivity index (χ4n) is 5.57. The number of rotatable bonds is 5. The molecule has 3 heterocycles. The van der Waals surface area contributed by atoms with Gasteiger partial charge in [0.2, 0.25) is 0 Å². The molecule has 0 bridgehead atoms. The van der Waals surface area contributed by atoms with E-state index < -0.39 is 0 Å². The third-order valence-electron chi connectivity index (χ3n) is 7.36. The van der Waals surface area contributed by atoms with Gasteiger partial charge in [-0.05, 0) is 86.9 Å². The van der Waals surface area contributed by atoms with Crippen molar-refractivity contribution in [3.63, 3.8) is 0 Å². The Morgan fingerprint density at radius 1 is 1.23 bits per heavy atom. The monoisotopic (exact) mass is 466 g/mol. The number of nitrogens with one attached hydrogen (secondary N) is 2. The Morgan fingerprint density at radius 2 is 2.17 bits per heavy atom. The molecule has 0 aliphatic heterocycles. The number of benzene rings is 1. The Labute approximate surface area is 204 Å². The van der Waals surface area contributed by atoms with E-state index in [1.165, 1.54) is 17.7 Å². The highest BCUT2D eigenvalue weighted by Gasteiger charge is 2.25. The number of aryl methyl sites for hydroxylation is 2. The first kappa shape index (κ1) is 21.8. The van der Waals surface area contributed by atoms with E-state index in [2.05, 4.69) is 42.4 Å². The van der Waals surface area contributed by atoms with Gasteiger partial charge in [0.1, 0.15) is 5.69 Å². The summed E-state index contributed by atoms with van der Waals surface area (Å²) in [5.41, 5.74) is 6.97. The van der Waals surface area contributed by atoms with Gasteiger partial charge in [0.05, 0.1) is 17.4 Å². The molecule has 178 valence electrons. The molecule has 1 amide bonds. The quantitative estimate of drug-likeness (QED) is 0.429. The van der Waals surface area contributed by atoms with E-state index in [1.807, 2.05) is 43.5 Å². The Hall–Kier alpha value is -3.74. The van der Waals surface area contributed by atoms with E-state index >= 15 is 0 Å². The Bertz CT molecular complexity index is 1410. The maximum Gasteiger partial charge on any atom is 0.251 e. The predicted octanol–water partition coefficient (Wildman–Crippen LogP) is 5.08. The van der Waals surface area contributed by atoms with Crippen molar-refractivity contribution in [2.24, 2.45) is 5.92 Å². The summed E-state index contributed by atoms with van der Waals surface area (Å²) in [7, 11) is 0. The summed E-state index contributed by atoms with van der Waals surface area (Å²) in [5.74, 6) is 0.501. The van der Waals surface area contributed by atoms with Gasteiger partial charge in [0.15, 0.2) is 0 Å². The van der Waals surface area contributed by atoms with Crippen molar-refractivity contribution in [3.8, 4) is 11.3 Å². The molecular weight excluding hydrogens is 436 g/mol. The van der Waals surface area contributed by atoms with Crippen molar-refractivity contribution >= 4 is 22.9 Å². The molecule has 35 heavy (non-hydrogen) atoms.